The van der Waals surface area contributed by atoms with Crippen LogP contribution in [0, 0.1) is 0 Å². The third kappa shape index (κ3) is 2.60. The Balaban J connectivity index is 3.40. The fourth-order valence-electron chi connectivity index (χ4n) is 1.12. The number of benzene rings is 1. The van der Waals surface area contributed by atoms with Crippen LogP contribution in [0.4, 0.5) is 0 Å². The van der Waals surface area contributed by atoms with E-state index in [9.17, 15) is 0 Å². The summed E-state index contributed by atoms with van der Waals surface area (Å²) in [6.45, 7) is 3.54. The van der Waals surface area contributed by atoms with Crippen molar-refractivity contribution in [3.63, 3.8) is 0 Å². The van der Waals surface area contributed by atoms with Gasteiger partial charge in [-0.05, 0) is 36.5 Å². The monoisotopic (exact) mass is 195 g/mol. The summed E-state index contributed by atoms with van der Waals surface area (Å²) in [6, 6.07) is 2.96. The first-order valence-electron chi connectivity index (χ1n) is 6.40. The third-order valence-electron chi connectivity index (χ3n) is 1.75. The molecule has 0 spiro atoms. The second-order valence-corrected chi connectivity index (χ2v) is 2.66. The summed E-state index contributed by atoms with van der Waals surface area (Å²) >= 11 is 0. The van der Waals surface area contributed by atoms with Crippen LogP contribution in [0.5, 0.6) is 5.75 Å². The van der Waals surface area contributed by atoms with E-state index in [0.29, 0.717) is 11.3 Å². The second-order valence-electron chi connectivity index (χ2n) is 2.66. The zero-order valence-electron chi connectivity index (χ0n) is 12.2. The fraction of sp³-hybridized carbons (Fsp3) is 0.333. The summed E-state index contributed by atoms with van der Waals surface area (Å²) < 4.78 is 36.3. The molecule has 0 heterocycles. The van der Waals surface area contributed by atoms with Gasteiger partial charge in [-0.15, -0.1) is 6.58 Å². The lowest BCUT2D eigenvalue weighted by Crippen LogP contribution is -2.03. The molecule has 0 radical (unpaired) electrons. The molecule has 0 aliphatic rings. The predicted octanol–water partition coefficient (Wildman–Crippen LogP) is 1.92. The summed E-state index contributed by atoms with van der Waals surface area (Å²) in [4.78, 5) is 0. The van der Waals surface area contributed by atoms with Crippen LogP contribution in [0.3, 0.4) is 0 Å². The summed E-state index contributed by atoms with van der Waals surface area (Å²) in [5.74, 6) is 0.302. The van der Waals surface area contributed by atoms with Crippen molar-refractivity contribution in [2.75, 3.05) is 13.7 Å². The number of methoxy groups -OCH3 is 1. The minimum absolute atomic E-state index is 0.0852. The molecule has 1 rings (SSSR count). The molecular weight excluding hydrogens is 174 g/mol. The number of ether oxygens (including phenoxy) is 1. The van der Waals surface area contributed by atoms with Crippen LogP contribution in [0.15, 0.2) is 30.8 Å². The lowest BCUT2D eigenvalue weighted by Gasteiger charge is -2.08. The second kappa shape index (κ2) is 5.45. The van der Waals surface area contributed by atoms with Gasteiger partial charge in [0.25, 0.3) is 0 Å². The smallest absolute Gasteiger partial charge is 0.122 e. The van der Waals surface area contributed by atoms with Crippen molar-refractivity contribution in [2.24, 2.45) is 5.73 Å². The van der Waals surface area contributed by atoms with Crippen molar-refractivity contribution in [3.05, 3.63) is 42.0 Å². The maximum absolute atomic E-state index is 7.84. The summed E-state index contributed by atoms with van der Waals surface area (Å²) in [7, 11) is 1.42. The van der Waals surface area contributed by atoms with Crippen LogP contribution >= 0.6 is 0 Å². The minimum Gasteiger partial charge on any atom is -0.496 e. The minimum atomic E-state index is -1.78. The molecule has 1 atom stereocenters. The lowest BCUT2D eigenvalue weighted by atomic mass is 10.1. The molecule has 0 saturated carbocycles. The number of nitrogens with two attached hydrogens (primary N) is 1. The molecule has 0 fully saturated rings. The van der Waals surface area contributed by atoms with Gasteiger partial charge < -0.3 is 10.5 Å². The highest BCUT2D eigenvalue weighted by Crippen LogP contribution is 2.21. The zero-order chi connectivity index (χ0) is 13.9. The van der Waals surface area contributed by atoms with E-state index in [1.54, 1.807) is 0 Å². The van der Waals surface area contributed by atoms with E-state index >= 15 is 0 Å². The average Bonchev–Trinajstić information content (AvgIpc) is 2.37. The normalized spacial score (nSPS) is 17.3. The van der Waals surface area contributed by atoms with Crippen LogP contribution in [0.1, 0.15) is 16.6 Å². The highest BCUT2D eigenvalue weighted by molar-refractivity contribution is 5.38. The number of allylic oxidation sites excluding steroid dienone is 1. The molecule has 0 amide bonds. The Hall–Kier alpha value is -1.28. The maximum atomic E-state index is 7.84. The van der Waals surface area contributed by atoms with Gasteiger partial charge in [-0.1, -0.05) is 18.2 Å². The quantitative estimate of drug-likeness (QED) is 0.729. The number of hydrogen-bond donors (Lipinski definition) is 1. The first-order valence-corrected chi connectivity index (χ1v) is 4.32. The van der Waals surface area contributed by atoms with Crippen LogP contribution < -0.4 is 10.5 Å². The average molecular weight is 195 g/mol. The van der Waals surface area contributed by atoms with E-state index in [1.165, 1.54) is 19.2 Å². The van der Waals surface area contributed by atoms with Gasteiger partial charge in [0.05, 0.1) is 8.48 Å². The number of hydrogen-bond acceptors (Lipinski definition) is 2. The molecule has 0 aliphatic carbocycles. The predicted molar refractivity (Wildman–Crippen MR) is 59.7 cm³/mol. The van der Waals surface area contributed by atoms with E-state index in [-0.39, 0.29) is 18.2 Å². The maximum Gasteiger partial charge on any atom is 0.122 e. The van der Waals surface area contributed by atoms with E-state index in [4.69, 9.17) is 16.0 Å². The standard InChI is InChI=1S/C12H17NO/c1-3-4-11-6-5-10(7-8-13)9-12(11)14-2/h3,5-6,9H,1,4,7-8,13H2,2H3/i4D2,5D,7D. The Bertz CT molecular complexity index is 448. The molecule has 0 bridgehead atoms. The van der Waals surface area contributed by atoms with Gasteiger partial charge in [0.15, 0.2) is 0 Å². The molecule has 76 valence electrons. The van der Waals surface area contributed by atoms with Crippen LogP contribution in [-0.2, 0) is 12.8 Å². The molecule has 0 aromatic heterocycles. The van der Waals surface area contributed by atoms with E-state index in [0.717, 1.165) is 6.08 Å². The van der Waals surface area contributed by atoms with E-state index in [2.05, 4.69) is 6.58 Å². The van der Waals surface area contributed by atoms with Crippen LogP contribution in [-0.4, -0.2) is 13.7 Å². The first kappa shape index (κ1) is 6.25. The van der Waals surface area contributed by atoms with Crippen molar-refractivity contribution >= 4 is 0 Å². The van der Waals surface area contributed by atoms with Crippen LogP contribution in [0.2, 0.25) is 0 Å². The molecule has 2 heteroatoms. The largest absolute Gasteiger partial charge is 0.496 e. The Kier molecular flexibility index (Phi) is 2.43. The molecular formula is C12H17NO. The first-order chi connectivity index (χ1) is 8.37. The Morgan fingerprint density at radius 3 is 3.14 bits per heavy atom. The van der Waals surface area contributed by atoms with Crippen molar-refractivity contribution in [3.8, 4) is 5.75 Å². The lowest BCUT2D eigenvalue weighted by molar-refractivity contribution is 0.410. The third-order valence-corrected chi connectivity index (χ3v) is 1.75. The summed E-state index contributed by atoms with van der Waals surface area (Å²) in [6.07, 6.45) is -1.33. The van der Waals surface area contributed by atoms with Gasteiger partial charge in [0, 0.05) is 4.11 Å². The van der Waals surface area contributed by atoms with Crippen molar-refractivity contribution in [2.45, 2.75) is 12.8 Å². The van der Waals surface area contributed by atoms with Gasteiger partial charge in [-0.3, -0.25) is 0 Å². The molecule has 0 saturated heterocycles. The molecule has 1 aromatic rings. The van der Waals surface area contributed by atoms with Crippen molar-refractivity contribution in [1.29, 1.82) is 0 Å². The molecule has 2 N–H and O–H groups in total. The SMILES string of the molecule is [2H]c1cc(C([2H])([2H])C=C)c(OC)cc1C([2H])CN. The van der Waals surface area contributed by atoms with Gasteiger partial charge in [-0.25, -0.2) is 0 Å². The molecule has 14 heavy (non-hydrogen) atoms. The fourth-order valence-corrected chi connectivity index (χ4v) is 1.12. The molecule has 0 aliphatic heterocycles. The highest BCUT2D eigenvalue weighted by atomic mass is 16.5. The van der Waals surface area contributed by atoms with E-state index in [1.807, 2.05) is 0 Å². The molecule has 1 aromatic carbocycles. The van der Waals surface area contributed by atoms with Gasteiger partial charge >= 0.3 is 0 Å². The Labute approximate surface area is 91.0 Å². The van der Waals surface area contributed by atoms with Crippen molar-refractivity contribution < 1.29 is 10.2 Å². The molecule has 1 unspecified atom stereocenters. The highest BCUT2D eigenvalue weighted by Gasteiger charge is 2.02. The number of rotatable bonds is 5. The Morgan fingerprint density at radius 1 is 1.79 bits per heavy atom. The summed E-state index contributed by atoms with van der Waals surface area (Å²) in [5, 5.41) is 0. The van der Waals surface area contributed by atoms with Crippen molar-refractivity contribution in [1.82, 2.24) is 0 Å². The topological polar surface area (TPSA) is 35.2 Å². The Morgan fingerprint density at radius 2 is 2.57 bits per heavy atom. The molecule has 2 nitrogen and oxygen atoms in total. The van der Waals surface area contributed by atoms with Gasteiger partial charge in [0.2, 0.25) is 0 Å². The van der Waals surface area contributed by atoms with Crippen LogP contribution in [0.25, 0.3) is 0 Å². The van der Waals surface area contributed by atoms with Gasteiger partial charge in [0.1, 0.15) is 5.75 Å². The van der Waals surface area contributed by atoms with E-state index < -0.39 is 12.8 Å². The zero-order valence-corrected chi connectivity index (χ0v) is 8.21. The summed E-state index contributed by atoms with van der Waals surface area (Å²) in [5.41, 5.74) is 6.08. The van der Waals surface area contributed by atoms with Gasteiger partial charge in [-0.2, -0.15) is 0 Å².